The quantitative estimate of drug-likeness (QED) is 0.599. The summed E-state index contributed by atoms with van der Waals surface area (Å²) < 4.78 is 0. The van der Waals surface area contributed by atoms with E-state index in [2.05, 4.69) is 6.57 Å². The Morgan fingerprint density at radius 1 is 0.600 bits per heavy atom. The Labute approximate surface area is 73.5 Å². The van der Waals surface area contributed by atoms with Gasteiger partial charge in [-0.05, 0) is 0 Å². The van der Waals surface area contributed by atoms with Gasteiger partial charge < -0.3 is 0 Å². The van der Waals surface area contributed by atoms with Gasteiger partial charge in [-0.3, -0.25) is 0 Å². The lowest BCUT2D eigenvalue weighted by Gasteiger charge is -1.69. The third-order valence-electron chi connectivity index (χ3n) is 0.667. The number of hydrogen-bond donors (Lipinski definition) is 0. The second-order valence-corrected chi connectivity index (χ2v) is 1.15. The first-order chi connectivity index (χ1) is 4.00. The Balaban J connectivity index is -0.000000114. The van der Waals surface area contributed by atoms with E-state index in [4.69, 9.17) is 5.26 Å². The van der Waals surface area contributed by atoms with Crippen molar-refractivity contribution in [3.05, 3.63) is 36.4 Å². The summed E-state index contributed by atoms with van der Waals surface area (Å²) in [4.78, 5) is 0. The van der Waals surface area contributed by atoms with Gasteiger partial charge in [0.2, 0.25) is 0 Å². The van der Waals surface area contributed by atoms with Crippen LogP contribution in [0.5, 0.6) is 0 Å². The van der Waals surface area contributed by atoms with Crippen molar-refractivity contribution in [1.29, 1.82) is 5.26 Å². The molecule has 3 heteroatoms. The first-order valence-electron chi connectivity index (χ1n) is 2.26. The van der Waals surface area contributed by atoms with Gasteiger partial charge in [-0.1, -0.05) is 36.4 Å². The van der Waals surface area contributed by atoms with E-state index in [1.165, 1.54) is 0 Å². The predicted molar refractivity (Wildman–Crippen MR) is 47.6 cm³/mol. The van der Waals surface area contributed by atoms with Gasteiger partial charge in [0.05, 0.1) is 0 Å². The number of hydrogen-bond acceptors (Lipinski definition) is 1. The zero-order chi connectivity index (χ0) is 6.24. The Morgan fingerprint density at radius 3 is 0.800 bits per heavy atom. The van der Waals surface area contributed by atoms with Gasteiger partial charge >= 0.3 is 0 Å². The van der Waals surface area contributed by atoms with Gasteiger partial charge in [0.1, 0.15) is 0 Å². The minimum absolute atomic E-state index is 0. The van der Waals surface area contributed by atoms with Crippen LogP contribution in [0.1, 0.15) is 0 Å². The zero-order valence-electron chi connectivity index (χ0n) is 5.31. The van der Waals surface area contributed by atoms with Crippen molar-refractivity contribution in [3.8, 4) is 6.57 Å². The van der Waals surface area contributed by atoms with Crippen molar-refractivity contribution in [2.75, 3.05) is 0 Å². The molecule has 0 unspecified atom stereocenters. The highest BCUT2D eigenvalue weighted by Gasteiger charge is 1.57. The molecule has 1 aromatic carbocycles. The maximum Gasteiger partial charge on any atom is 0.0462 e. The van der Waals surface area contributed by atoms with E-state index in [9.17, 15) is 0 Å². The predicted octanol–water partition coefficient (Wildman–Crippen LogP) is 2.67. The average Bonchev–Trinajstić information content (AvgIpc) is 1.96. The number of nitrogens with zero attached hydrogens (tertiary/aromatic N) is 1. The lowest BCUT2D eigenvalue weighted by atomic mass is 10.4. The Bertz CT molecular complexity index is 112. The fourth-order valence-corrected chi connectivity index (χ4v) is 0.385. The largest absolute Gasteiger partial charge is 0.202 e. The van der Waals surface area contributed by atoms with Gasteiger partial charge in [0, 0.05) is 6.57 Å². The van der Waals surface area contributed by atoms with Gasteiger partial charge in [-0.15, -0.1) is 24.8 Å². The molecule has 1 nitrogen and oxygen atoms in total. The van der Waals surface area contributed by atoms with Crippen LogP contribution in [-0.2, 0) is 0 Å². The molecule has 0 radical (unpaired) electrons. The molecular weight excluding hydrogens is 169 g/mol. The van der Waals surface area contributed by atoms with Gasteiger partial charge in [0.15, 0.2) is 0 Å². The molecule has 0 spiro atoms. The van der Waals surface area contributed by atoms with Crippen LogP contribution in [0.4, 0.5) is 0 Å². The molecule has 0 heterocycles. The van der Waals surface area contributed by atoms with Crippen LogP contribution in [-0.4, -0.2) is 0 Å². The molecule has 56 valence electrons. The number of nitriles is 1. The average molecular weight is 178 g/mol. The summed E-state index contributed by atoms with van der Waals surface area (Å²) in [6.07, 6.45) is 0. The standard InChI is InChI=1S/C6H6.CHN.2ClH/c1-2-4-6-5-3-1;1-2;;/h1-6H;1H;2*1H. The molecule has 0 fully saturated rings. The van der Waals surface area contributed by atoms with Crippen LogP contribution in [0, 0.1) is 11.8 Å². The number of rotatable bonds is 0. The molecule has 0 bridgehead atoms. The second kappa shape index (κ2) is 15.7. The Hall–Kier alpha value is -0.710. The highest BCUT2D eigenvalue weighted by Crippen LogP contribution is 1.79. The van der Waals surface area contributed by atoms with Crippen molar-refractivity contribution in [2.24, 2.45) is 0 Å². The number of benzene rings is 1. The normalized spacial score (nSPS) is 5.00. The SMILES string of the molecule is C#N.Cl.Cl.c1ccccc1. The summed E-state index contributed by atoms with van der Waals surface area (Å²) in [6.45, 7) is 3.50. The van der Waals surface area contributed by atoms with Crippen LogP contribution in [0.25, 0.3) is 0 Å². The van der Waals surface area contributed by atoms with E-state index in [-0.39, 0.29) is 24.8 Å². The molecule has 0 saturated heterocycles. The second-order valence-electron chi connectivity index (χ2n) is 1.15. The molecule has 1 rings (SSSR count). The van der Waals surface area contributed by atoms with Crippen molar-refractivity contribution < 1.29 is 0 Å². The van der Waals surface area contributed by atoms with Crippen molar-refractivity contribution >= 4 is 24.8 Å². The highest BCUT2D eigenvalue weighted by molar-refractivity contribution is 5.85. The third kappa shape index (κ3) is 10.3. The first-order valence-corrected chi connectivity index (χ1v) is 2.26. The molecule has 0 amide bonds. The molecule has 0 N–H and O–H groups in total. The van der Waals surface area contributed by atoms with E-state index in [0.29, 0.717) is 0 Å². The molecule has 0 saturated carbocycles. The van der Waals surface area contributed by atoms with Crippen LogP contribution < -0.4 is 0 Å². The summed E-state index contributed by atoms with van der Waals surface area (Å²) in [5.41, 5.74) is 0. The van der Waals surface area contributed by atoms with Crippen LogP contribution in [0.15, 0.2) is 36.4 Å². The molecular formula is C7H9Cl2N. The summed E-state index contributed by atoms with van der Waals surface area (Å²) in [5.74, 6) is 0. The van der Waals surface area contributed by atoms with Crippen LogP contribution in [0.3, 0.4) is 0 Å². The summed E-state index contributed by atoms with van der Waals surface area (Å²) in [7, 11) is 0. The van der Waals surface area contributed by atoms with Crippen molar-refractivity contribution in [2.45, 2.75) is 0 Å². The number of halogens is 2. The minimum Gasteiger partial charge on any atom is -0.202 e. The Morgan fingerprint density at radius 2 is 0.700 bits per heavy atom. The van der Waals surface area contributed by atoms with E-state index < -0.39 is 0 Å². The lowest BCUT2D eigenvalue weighted by molar-refractivity contribution is 1.58. The smallest absolute Gasteiger partial charge is 0.0462 e. The summed E-state index contributed by atoms with van der Waals surface area (Å²) in [5, 5.41) is 6.50. The first kappa shape index (κ1) is 16.1. The van der Waals surface area contributed by atoms with E-state index in [1.807, 2.05) is 36.4 Å². The third-order valence-corrected chi connectivity index (χ3v) is 0.667. The minimum atomic E-state index is 0. The van der Waals surface area contributed by atoms with Gasteiger partial charge in [0.25, 0.3) is 0 Å². The van der Waals surface area contributed by atoms with E-state index in [1.54, 1.807) is 0 Å². The molecule has 0 aliphatic rings. The fourth-order valence-electron chi connectivity index (χ4n) is 0.385. The highest BCUT2D eigenvalue weighted by atomic mass is 35.5. The molecule has 10 heavy (non-hydrogen) atoms. The topological polar surface area (TPSA) is 23.8 Å². The molecule has 0 aromatic heterocycles. The molecule has 0 atom stereocenters. The molecule has 0 aliphatic heterocycles. The molecule has 0 aliphatic carbocycles. The lowest BCUT2D eigenvalue weighted by Crippen LogP contribution is -1.47. The Kier molecular flexibility index (Phi) is 25.4. The van der Waals surface area contributed by atoms with Gasteiger partial charge in [-0.2, -0.15) is 0 Å². The summed E-state index contributed by atoms with van der Waals surface area (Å²) >= 11 is 0. The van der Waals surface area contributed by atoms with E-state index >= 15 is 0 Å². The fraction of sp³-hybridized carbons (Fsp3) is 0. The van der Waals surface area contributed by atoms with E-state index in [0.717, 1.165) is 0 Å². The maximum absolute atomic E-state index is 6.50. The van der Waals surface area contributed by atoms with Crippen molar-refractivity contribution in [3.63, 3.8) is 0 Å². The molecule has 1 aromatic rings. The zero-order valence-corrected chi connectivity index (χ0v) is 6.94. The van der Waals surface area contributed by atoms with Gasteiger partial charge in [-0.25, -0.2) is 5.26 Å². The maximum atomic E-state index is 6.50. The van der Waals surface area contributed by atoms with Crippen LogP contribution >= 0.6 is 24.8 Å². The van der Waals surface area contributed by atoms with Crippen molar-refractivity contribution in [1.82, 2.24) is 0 Å². The summed E-state index contributed by atoms with van der Waals surface area (Å²) in [6, 6.07) is 12.0. The van der Waals surface area contributed by atoms with Crippen LogP contribution in [0.2, 0.25) is 0 Å². The monoisotopic (exact) mass is 177 g/mol.